The second-order valence-electron chi connectivity index (χ2n) is 4.61. The van der Waals surface area contributed by atoms with Gasteiger partial charge in [-0.1, -0.05) is 0 Å². The lowest BCUT2D eigenvalue weighted by molar-refractivity contribution is -0.134. The molecule has 1 aromatic rings. The molecule has 0 saturated carbocycles. The van der Waals surface area contributed by atoms with Gasteiger partial charge in [0.05, 0.1) is 0 Å². The van der Waals surface area contributed by atoms with E-state index in [-0.39, 0.29) is 10.6 Å². The molecule has 0 radical (unpaired) electrons. The highest BCUT2D eigenvalue weighted by Gasteiger charge is 2.46. The van der Waals surface area contributed by atoms with Crippen molar-refractivity contribution in [3.63, 3.8) is 0 Å². The van der Waals surface area contributed by atoms with E-state index in [4.69, 9.17) is 0 Å². The molecule has 2 atom stereocenters. The summed E-state index contributed by atoms with van der Waals surface area (Å²) in [6, 6.07) is 4.04. The number of hydroxylamine groups is 1. The molecule has 0 aliphatic carbocycles. The number of carbonyl (C=O) groups is 1. The fraction of sp³-hybridized carbons (Fsp3) is 0.333. The van der Waals surface area contributed by atoms with E-state index in [0.717, 1.165) is 11.1 Å². The van der Waals surface area contributed by atoms with Gasteiger partial charge >= 0.3 is 0 Å². The molecule has 2 N–H and O–H groups in total. The molecule has 6 nitrogen and oxygen atoms in total. The van der Waals surface area contributed by atoms with Crippen LogP contribution in [0.4, 0.5) is 4.39 Å². The summed E-state index contributed by atoms with van der Waals surface area (Å²) in [6.07, 6.45) is 1.38. The molecule has 0 aromatic heterocycles. The highest BCUT2D eigenvalue weighted by atomic mass is 32.2. The third-order valence-electron chi connectivity index (χ3n) is 3.18. The number of benzene rings is 1. The van der Waals surface area contributed by atoms with Gasteiger partial charge in [-0.05, 0) is 36.3 Å². The second kappa shape index (κ2) is 5.13. The van der Waals surface area contributed by atoms with Gasteiger partial charge in [-0.2, -0.15) is 10.6 Å². The molecular weight excluding hydrogens is 285 g/mol. The molecule has 1 aromatic carbocycles. The average Bonchev–Trinajstić information content (AvgIpc) is 2.63. The zero-order valence-electron chi connectivity index (χ0n) is 11.2. The standard InChI is InChI=1S/C12H14FN3O3S/c1-12(15-18)10(14-16(2)11(12)17)7-4-5-9(20(3)19)8(13)6-7/h4-6,15,18H,1-3H3/t12-,20?/m1/s1. The van der Waals surface area contributed by atoms with Crippen LogP contribution in [-0.4, -0.2) is 45.2 Å². The molecule has 0 spiro atoms. The quantitative estimate of drug-likeness (QED) is 0.627. The van der Waals surface area contributed by atoms with Crippen LogP contribution in [0, 0.1) is 5.82 Å². The molecule has 108 valence electrons. The van der Waals surface area contributed by atoms with Gasteiger partial charge in [0.2, 0.25) is 0 Å². The Hall–Kier alpha value is -1.48. The SMILES string of the molecule is CN1N=C(c2ccc([S+](C)[O-])c(F)c2)[C@@](C)(NO)C1=O. The fourth-order valence-electron chi connectivity index (χ4n) is 2.05. The third kappa shape index (κ3) is 2.20. The van der Waals surface area contributed by atoms with E-state index >= 15 is 0 Å². The molecule has 8 heteroatoms. The molecule has 1 aliphatic heterocycles. The molecule has 2 rings (SSSR count). The molecule has 0 bridgehead atoms. The van der Waals surface area contributed by atoms with E-state index in [1.165, 1.54) is 32.4 Å². The Labute approximate surface area is 118 Å². The van der Waals surface area contributed by atoms with Crippen LogP contribution >= 0.6 is 0 Å². The predicted molar refractivity (Wildman–Crippen MR) is 71.4 cm³/mol. The predicted octanol–water partition coefficient (Wildman–Crippen LogP) is 0.477. The molecular formula is C12H14FN3O3S. The molecule has 0 fully saturated rings. The number of hydrogen-bond donors (Lipinski definition) is 2. The number of carbonyl (C=O) groups excluding carboxylic acids is 1. The first-order chi connectivity index (χ1) is 9.31. The zero-order chi connectivity index (χ0) is 15.1. The van der Waals surface area contributed by atoms with Crippen molar-refractivity contribution in [2.24, 2.45) is 5.10 Å². The highest BCUT2D eigenvalue weighted by Crippen LogP contribution is 2.25. The summed E-state index contributed by atoms with van der Waals surface area (Å²) in [5, 5.41) is 14.3. The molecule has 1 aliphatic rings. The van der Waals surface area contributed by atoms with E-state index < -0.39 is 28.4 Å². The highest BCUT2D eigenvalue weighted by molar-refractivity contribution is 7.90. The minimum absolute atomic E-state index is 0.0747. The summed E-state index contributed by atoms with van der Waals surface area (Å²) in [5.74, 6) is -1.10. The number of hydrazone groups is 1. The van der Waals surface area contributed by atoms with Crippen LogP contribution in [-0.2, 0) is 16.0 Å². The van der Waals surface area contributed by atoms with Crippen molar-refractivity contribution in [3.8, 4) is 0 Å². The zero-order valence-corrected chi connectivity index (χ0v) is 12.0. The molecule has 0 saturated heterocycles. The van der Waals surface area contributed by atoms with Gasteiger partial charge in [-0.15, -0.1) is 0 Å². The Bertz CT molecular complexity index is 593. The van der Waals surface area contributed by atoms with Crippen molar-refractivity contribution >= 4 is 22.8 Å². The van der Waals surface area contributed by atoms with Gasteiger partial charge in [-0.3, -0.25) is 4.79 Å². The van der Waals surface area contributed by atoms with E-state index in [9.17, 15) is 18.9 Å². The van der Waals surface area contributed by atoms with Crippen molar-refractivity contribution in [3.05, 3.63) is 29.6 Å². The van der Waals surface area contributed by atoms with Crippen LogP contribution in [0.5, 0.6) is 0 Å². The topological polar surface area (TPSA) is 88.0 Å². The van der Waals surface area contributed by atoms with Crippen molar-refractivity contribution in [2.45, 2.75) is 17.4 Å². The van der Waals surface area contributed by atoms with Crippen LogP contribution in [0.1, 0.15) is 12.5 Å². The van der Waals surface area contributed by atoms with Crippen molar-refractivity contribution in [1.82, 2.24) is 10.5 Å². The first-order valence-corrected chi connectivity index (χ1v) is 7.29. The van der Waals surface area contributed by atoms with Crippen LogP contribution in [0.2, 0.25) is 0 Å². The first kappa shape index (κ1) is 14.9. The van der Waals surface area contributed by atoms with Crippen LogP contribution in [0.3, 0.4) is 0 Å². The Morgan fingerprint density at radius 3 is 2.70 bits per heavy atom. The van der Waals surface area contributed by atoms with E-state index in [0.29, 0.717) is 5.56 Å². The van der Waals surface area contributed by atoms with E-state index in [1.807, 2.05) is 5.48 Å². The number of hydrogen-bond acceptors (Lipinski definition) is 5. The molecule has 1 heterocycles. The number of rotatable bonds is 3. The first-order valence-electron chi connectivity index (χ1n) is 5.73. The largest absolute Gasteiger partial charge is 0.612 e. The van der Waals surface area contributed by atoms with Gasteiger partial charge in [0.15, 0.2) is 16.3 Å². The van der Waals surface area contributed by atoms with Gasteiger partial charge in [0, 0.05) is 12.6 Å². The van der Waals surface area contributed by atoms with Crippen molar-refractivity contribution in [2.75, 3.05) is 13.3 Å². The lowest BCUT2D eigenvalue weighted by atomic mass is 9.91. The van der Waals surface area contributed by atoms with Crippen molar-refractivity contribution < 1.29 is 18.9 Å². The maximum atomic E-state index is 13.9. The second-order valence-corrected chi connectivity index (χ2v) is 5.96. The number of likely N-dealkylation sites (N-methyl/N-ethyl adjacent to an activating group) is 1. The van der Waals surface area contributed by atoms with Gasteiger partial charge in [0.1, 0.15) is 12.0 Å². The Kier molecular flexibility index (Phi) is 3.83. The molecule has 1 amide bonds. The summed E-state index contributed by atoms with van der Waals surface area (Å²) >= 11 is -1.44. The summed E-state index contributed by atoms with van der Waals surface area (Å²) in [5.41, 5.74) is 1.01. The number of halogens is 1. The van der Waals surface area contributed by atoms with Crippen LogP contribution in [0.15, 0.2) is 28.2 Å². The van der Waals surface area contributed by atoms with Gasteiger partial charge in [-0.25, -0.2) is 9.40 Å². The van der Waals surface area contributed by atoms with E-state index in [1.54, 1.807) is 0 Å². The third-order valence-corrected chi connectivity index (χ3v) is 4.13. The smallest absolute Gasteiger partial charge is 0.270 e. The van der Waals surface area contributed by atoms with Gasteiger partial charge < -0.3 is 9.76 Å². The Morgan fingerprint density at radius 1 is 1.55 bits per heavy atom. The monoisotopic (exact) mass is 299 g/mol. The molecule has 1 unspecified atom stereocenters. The van der Waals surface area contributed by atoms with Gasteiger partial charge in [0.25, 0.3) is 5.91 Å². The summed E-state index contributed by atoms with van der Waals surface area (Å²) in [7, 11) is 1.44. The summed E-state index contributed by atoms with van der Waals surface area (Å²) in [6.45, 7) is 1.45. The minimum atomic E-state index is -1.44. The number of nitrogens with one attached hydrogen (secondary N) is 1. The number of amides is 1. The van der Waals surface area contributed by atoms with Crippen molar-refractivity contribution in [1.29, 1.82) is 0 Å². The lowest BCUT2D eigenvalue weighted by Gasteiger charge is -2.21. The fourth-order valence-corrected chi connectivity index (χ4v) is 2.64. The van der Waals surface area contributed by atoms with Crippen LogP contribution < -0.4 is 5.48 Å². The van der Waals surface area contributed by atoms with E-state index in [2.05, 4.69) is 5.10 Å². The Balaban J connectivity index is 2.49. The normalized spacial score (nSPS) is 24.0. The summed E-state index contributed by atoms with van der Waals surface area (Å²) in [4.78, 5) is 12.0. The Morgan fingerprint density at radius 2 is 2.20 bits per heavy atom. The van der Waals surface area contributed by atoms with Crippen LogP contribution in [0.25, 0.3) is 0 Å². The lowest BCUT2D eigenvalue weighted by Crippen LogP contribution is -2.53. The average molecular weight is 299 g/mol. The maximum absolute atomic E-state index is 13.9. The summed E-state index contributed by atoms with van der Waals surface area (Å²) < 4.78 is 25.2. The molecule has 20 heavy (non-hydrogen) atoms. The minimum Gasteiger partial charge on any atom is -0.612 e. The number of nitrogens with zero attached hydrogens (tertiary/aromatic N) is 2. The maximum Gasteiger partial charge on any atom is 0.270 e.